The van der Waals surface area contributed by atoms with E-state index in [1.807, 2.05) is 0 Å². The SMILES string of the molecule is CN1CC(CC(C)(C)C)OCS1(=O)=O. The summed E-state index contributed by atoms with van der Waals surface area (Å²) in [5.74, 6) is -0.176. The highest BCUT2D eigenvalue weighted by atomic mass is 32.2. The van der Waals surface area contributed by atoms with Crippen LogP contribution >= 0.6 is 0 Å². The molecule has 1 atom stereocenters. The summed E-state index contributed by atoms with van der Waals surface area (Å²) in [6.45, 7) is 6.85. The van der Waals surface area contributed by atoms with Crippen molar-refractivity contribution in [1.29, 1.82) is 0 Å². The van der Waals surface area contributed by atoms with E-state index in [0.29, 0.717) is 6.54 Å². The first-order valence-corrected chi connectivity index (χ1v) is 6.37. The molecule has 0 N–H and O–H groups in total. The van der Waals surface area contributed by atoms with Crippen molar-refractivity contribution in [3.8, 4) is 0 Å². The van der Waals surface area contributed by atoms with Crippen LogP contribution in [0.4, 0.5) is 0 Å². The zero-order chi connectivity index (χ0) is 11.0. The molecule has 5 heteroatoms. The van der Waals surface area contributed by atoms with Crippen LogP contribution in [0, 0.1) is 5.41 Å². The number of likely N-dealkylation sites (N-methyl/N-ethyl adjacent to an activating group) is 1. The van der Waals surface area contributed by atoms with Crippen molar-refractivity contribution in [2.24, 2.45) is 5.41 Å². The van der Waals surface area contributed by atoms with E-state index in [2.05, 4.69) is 20.8 Å². The van der Waals surface area contributed by atoms with Crippen LogP contribution in [0.5, 0.6) is 0 Å². The summed E-state index contributed by atoms with van der Waals surface area (Å²) in [5.41, 5.74) is 0.173. The molecule has 1 unspecified atom stereocenters. The molecule has 0 aliphatic carbocycles. The quantitative estimate of drug-likeness (QED) is 0.664. The molecular formula is C9H19NO3S. The number of hydrogen-bond donors (Lipinski definition) is 0. The average molecular weight is 221 g/mol. The third kappa shape index (κ3) is 3.22. The Hall–Kier alpha value is -0.130. The van der Waals surface area contributed by atoms with E-state index in [1.165, 1.54) is 4.31 Å². The van der Waals surface area contributed by atoms with Gasteiger partial charge in [-0.2, -0.15) is 0 Å². The van der Waals surface area contributed by atoms with Gasteiger partial charge in [-0.15, -0.1) is 0 Å². The molecule has 0 amide bonds. The minimum Gasteiger partial charge on any atom is -0.359 e. The summed E-state index contributed by atoms with van der Waals surface area (Å²) in [5, 5.41) is 0. The molecule has 0 bridgehead atoms. The molecule has 84 valence electrons. The van der Waals surface area contributed by atoms with E-state index in [-0.39, 0.29) is 17.5 Å². The minimum absolute atomic E-state index is 0.0310. The monoisotopic (exact) mass is 221 g/mol. The predicted molar refractivity (Wildman–Crippen MR) is 55.4 cm³/mol. The summed E-state index contributed by atoms with van der Waals surface area (Å²) in [7, 11) is -1.53. The van der Waals surface area contributed by atoms with Gasteiger partial charge >= 0.3 is 0 Å². The highest BCUT2D eigenvalue weighted by Gasteiger charge is 2.31. The van der Waals surface area contributed by atoms with E-state index in [9.17, 15) is 8.42 Å². The average Bonchev–Trinajstić information content (AvgIpc) is 1.95. The van der Waals surface area contributed by atoms with Crippen LogP contribution in [0.15, 0.2) is 0 Å². The summed E-state index contributed by atoms with van der Waals surface area (Å²) in [6, 6.07) is 0. The van der Waals surface area contributed by atoms with Gasteiger partial charge < -0.3 is 4.74 Å². The van der Waals surface area contributed by atoms with Gasteiger partial charge in [-0.1, -0.05) is 20.8 Å². The second kappa shape index (κ2) is 3.79. The van der Waals surface area contributed by atoms with Crippen LogP contribution < -0.4 is 0 Å². The summed E-state index contributed by atoms with van der Waals surface area (Å²) >= 11 is 0. The Morgan fingerprint density at radius 3 is 2.43 bits per heavy atom. The molecule has 4 nitrogen and oxygen atoms in total. The van der Waals surface area contributed by atoms with Crippen LogP contribution in [0.1, 0.15) is 27.2 Å². The molecule has 14 heavy (non-hydrogen) atoms. The summed E-state index contributed by atoms with van der Waals surface area (Å²) in [4.78, 5) is 0. The predicted octanol–water partition coefficient (Wildman–Crippen LogP) is 1.04. The standard InChI is InChI=1S/C9H19NO3S/c1-9(2,3)5-8-6-10(4)14(11,12)7-13-8/h8H,5-7H2,1-4H3. The summed E-state index contributed by atoms with van der Waals surface area (Å²) in [6.07, 6.45) is 0.913. The molecule has 0 saturated carbocycles. The molecule has 1 rings (SSSR count). The van der Waals surface area contributed by atoms with E-state index in [1.54, 1.807) is 7.05 Å². The van der Waals surface area contributed by atoms with E-state index in [0.717, 1.165) is 6.42 Å². The van der Waals surface area contributed by atoms with E-state index in [4.69, 9.17) is 4.74 Å². The lowest BCUT2D eigenvalue weighted by molar-refractivity contribution is 0.0256. The Kier molecular flexibility index (Phi) is 3.23. The van der Waals surface area contributed by atoms with Gasteiger partial charge in [-0.3, -0.25) is 0 Å². The van der Waals surface area contributed by atoms with Crippen molar-refractivity contribution >= 4 is 10.0 Å². The Labute approximate surface area is 86.3 Å². The van der Waals surface area contributed by atoms with E-state index >= 15 is 0 Å². The lowest BCUT2D eigenvalue weighted by atomic mass is 9.89. The number of rotatable bonds is 1. The maximum absolute atomic E-state index is 11.3. The van der Waals surface area contributed by atoms with Gasteiger partial charge in [0.15, 0.2) is 5.94 Å². The largest absolute Gasteiger partial charge is 0.359 e. The number of hydrogen-bond acceptors (Lipinski definition) is 3. The Balaban J connectivity index is 2.56. The lowest BCUT2D eigenvalue weighted by Crippen LogP contribution is -2.45. The van der Waals surface area contributed by atoms with Gasteiger partial charge in [0.1, 0.15) is 0 Å². The molecule has 0 spiro atoms. The third-order valence-corrected chi connectivity index (χ3v) is 3.76. The summed E-state index contributed by atoms with van der Waals surface area (Å²) < 4.78 is 29.3. The fourth-order valence-corrected chi connectivity index (χ4v) is 2.47. The van der Waals surface area contributed by atoms with Gasteiger partial charge in [-0.05, 0) is 11.8 Å². The highest BCUT2D eigenvalue weighted by Crippen LogP contribution is 2.25. The van der Waals surface area contributed by atoms with Crippen molar-refractivity contribution in [3.05, 3.63) is 0 Å². The Morgan fingerprint density at radius 2 is 2.00 bits per heavy atom. The van der Waals surface area contributed by atoms with Crippen LogP contribution in [0.25, 0.3) is 0 Å². The third-order valence-electron chi connectivity index (χ3n) is 2.23. The van der Waals surface area contributed by atoms with E-state index < -0.39 is 10.0 Å². The molecule has 1 saturated heterocycles. The fourth-order valence-electron chi connectivity index (χ4n) is 1.53. The van der Waals surface area contributed by atoms with Crippen molar-refractivity contribution in [3.63, 3.8) is 0 Å². The maximum Gasteiger partial charge on any atom is 0.238 e. The topological polar surface area (TPSA) is 46.6 Å². The molecule has 0 radical (unpaired) electrons. The van der Waals surface area contributed by atoms with Gasteiger partial charge in [0.2, 0.25) is 10.0 Å². The van der Waals surface area contributed by atoms with Crippen molar-refractivity contribution in [2.45, 2.75) is 33.3 Å². The molecular weight excluding hydrogens is 202 g/mol. The van der Waals surface area contributed by atoms with Crippen molar-refractivity contribution < 1.29 is 13.2 Å². The molecule has 1 fully saturated rings. The van der Waals surface area contributed by atoms with Crippen LogP contribution in [-0.2, 0) is 14.8 Å². The van der Waals surface area contributed by atoms with Crippen LogP contribution in [-0.4, -0.2) is 38.4 Å². The first-order chi connectivity index (χ1) is 6.21. The zero-order valence-corrected chi connectivity index (χ0v) is 10.1. The van der Waals surface area contributed by atoms with Crippen LogP contribution in [0.2, 0.25) is 0 Å². The lowest BCUT2D eigenvalue weighted by Gasteiger charge is -2.33. The Bertz CT molecular complexity index is 292. The molecule has 0 aromatic carbocycles. The van der Waals surface area contributed by atoms with Gasteiger partial charge in [0.05, 0.1) is 6.10 Å². The van der Waals surface area contributed by atoms with Gasteiger partial charge in [0.25, 0.3) is 0 Å². The van der Waals surface area contributed by atoms with Gasteiger partial charge in [-0.25, -0.2) is 12.7 Å². The number of nitrogens with zero attached hydrogens (tertiary/aromatic N) is 1. The normalized spacial score (nSPS) is 29.0. The minimum atomic E-state index is -3.14. The fraction of sp³-hybridized carbons (Fsp3) is 1.00. The smallest absolute Gasteiger partial charge is 0.238 e. The first-order valence-electron chi connectivity index (χ1n) is 4.76. The molecule has 1 aliphatic rings. The van der Waals surface area contributed by atoms with Gasteiger partial charge in [0, 0.05) is 13.6 Å². The van der Waals surface area contributed by atoms with Crippen LogP contribution in [0.3, 0.4) is 0 Å². The highest BCUT2D eigenvalue weighted by molar-refractivity contribution is 7.88. The first kappa shape index (κ1) is 11.9. The number of ether oxygens (including phenoxy) is 1. The Morgan fingerprint density at radius 1 is 1.43 bits per heavy atom. The zero-order valence-electron chi connectivity index (χ0n) is 9.28. The van der Waals surface area contributed by atoms with Crippen molar-refractivity contribution in [1.82, 2.24) is 4.31 Å². The second-order valence-corrected chi connectivity index (χ2v) is 7.09. The van der Waals surface area contributed by atoms with Crippen molar-refractivity contribution in [2.75, 3.05) is 19.5 Å². The maximum atomic E-state index is 11.3. The second-order valence-electron chi connectivity index (χ2n) is 5.06. The molecule has 0 aromatic rings. The molecule has 0 aromatic heterocycles. The number of sulfonamides is 1. The molecule has 1 heterocycles. The molecule has 1 aliphatic heterocycles.